The van der Waals surface area contributed by atoms with Crippen molar-refractivity contribution in [3.05, 3.63) is 88.6 Å². The first-order valence-electron chi connectivity index (χ1n) is 12.1. The van der Waals surface area contributed by atoms with Crippen molar-refractivity contribution in [3.63, 3.8) is 0 Å². The van der Waals surface area contributed by atoms with Gasteiger partial charge in [-0.15, -0.1) is 11.3 Å². The highest BCUT2D eigenvalue weighted by Gasteiger charge is 2.25. The molecular weight excluding hydrogens is 619 g/mol. The largest absolute Gasteiger partial charge is 0.421 e. The summed E-state index contributed by atoms with van der Waals surface area (Å²) in [6.07, 6.45) is 0.133. The van der Waals surface area contributed by atoms with Crippen molar-refractivity contribution in [1.29, 1.82) is 0 Å². The Balaban J connectivity index is 1.68. The van der Waals surface area contributed by atoms with E-state index >= 15 is 4.39 Å². The number of rotatable bonds is 7. The number of nitrogens with zero attached hydrogens (tertiary/aromatic N) is 3. The first-order chi connectivity index (χ1) is 19.5. The number of nitrogens with one attached hydrogen (secondary N) is 1. The van der Waals surface area contributed by atoms with E-state index in [0.717, 1.165) is 0 Å². The number of aromatic nitrogens is 3. The Labute approximate surface area is 245 Å². The number of fused-ring (bicyclic) bond motifs is 1. The molecule has 0 bridgehead atoms. The number of ether oxygens (including phenoxy) is 1. The fraction of sp³-hybridized carbons (Fsp3) is 0.103. The second kappa shape index (κ2) is 11.3. The minimum absolute atomic E-state index is 0.0175. The van der Waals surface area contributed by atoms with Gasteiger partial charge in [-0.3, -0.25) is 4.79 Å². The number of hydrogen-bond donors (Lipinski definition) is 2. The van der Waals surface area contributed by atoms with Gasteiger partial charge in [0.25, 0.3) is 12.3 Å². The molecule has 208 valence electrons. The summed E-state index contributed by atoms with van der Waals surface area (Å²) in [4.78, 5) is 24.9. The van der Waals surface area contributed by atoms with E-state index in [4.69, 9.17) is 10.5 Å². The van der Waals surface area contributed by atoms with E-state index in [2.05, 4.69) is 42.8 Å². The van der Waals surface area contributed by atoms with E-state index in [9.17, 15) is 13.6 Å². The molecule has 7 nitrogen and oxygen atoms in total. The van der Waals surface area contributed by atoms with Crippen LogP contribution in [0.2, 0.25) is 0 Å². The first-order valence-corrected chi connectivity index (χ1v) is 13.7. The molecule has 0 aliphatic rings. The Hall–Kier alpha value is -4.29. The van der Waals surface area contributed by atoms with Crippen LogP contribution in [0.1, 0.15) is 24.6 Å². The summed E-state index contributed by atoms with van der Waals surface area (Å²) in [5.74, 6) is -1.17. The first kappa shape index (κ1) is 28.2. The van der Waals surface area contributed by atoms with Crippen LogP contribution in [0.4, 0.5) is 24.7 Å². The SMILES string of the molecule is C=C(C)C(=O)Nc1ccc(-c2sc3c(Br)cnc(N)c3c2-c2ccc(Oc3nccc(C)n3)c(F)c2)c(C(F)F)c1. The van der Waals surface area contributed by atoms with Crippen LogP contribution in [0.3, 0.4) is 0 Å². The predicted molar refractivity (Wildman–Crippen MR) is 158 cm³/mol. The number of carbonyl (C=O) groups excluding carboxylic acids is 1. The maximum absolute atomic E-state index is 15.4. The summed E-state index contributed by atoms with van der Waals surface area (Å²) < 4.78 is 51.0. The lowest BCUT2D eigenvalue weighted by molar-refractivity contribution is -0.112. The molecule has 0 spiro atoms. The van der Waals surface area contributed by atoms with Gasteiger partial charge < -0.3 is 15.8 Å². The van der Waals surface area contributed by atoms with Crippen molar-refractivity contribution in [2.75, 3.05) is 11.1 Å². The predicted octanol–water partition coefficient (Wildman–Crippen LogP) is 8.46. The summed E-state index contributed by atoms with van der Waals surface area (Å²) in [6, 6.07) is 10.1. The smallest absolute Gasteiger partial charge is 0.322 e. The molecule has 0 saturated heterocycles. The monoisotopic (exact) mass is 639 g/mol. The summed E-state index contributed by atoms with van der Waals surface area (Å²) >= 11 is 4.68. The van der Waals surface area contributed by atoms with Crippen LogP contribution in [0.5, 0.6) is 11.8 Å². The molecule has 0 fully saturated rings. The van der Waals surface area contributed by atoms with Gasteiger partial charge in [-0.2, -0.15) is 0 Å². The number of anilines is 2. The van der Waals surface area contributed by atoms with Crippen molar-refractivity contribution < 1.29 is 22.7 Å². The number of hydrogen-bond acceptors (Lipinski definition) is 7. The van der Waals surface area contributed by atoms with Crippen molar-refractivity contribution in [2.45, 2.75) is 20.3 Å². The molecule has 3 N–H and O–H groups in total. The highest BCUT2D eigenvalue weighted by atomic mass is 79.9. The molecule has 3 aromatic heterocycles. The normalized spacial score (nSPS) is 11.2. The lowest BCUT2D eigenvalue weighted by Gasteiger charge is -2.14. The van der Waals surface area contributed by atoms with Crippen molar-refractivity contribution >= 4 is 54.8 Å². The average molecular weight is 640 g/mol. The zero-order valence-corrected chi connectivity index (χ0v) is 24.0. The molecule has 5 rings (SSSR count). The number of amides is 1. The third kappa shape index (κ3) is 5.66. The van der Waals surface area contributed by atoms with Gasteiger partial charge in [0.05, 0.1) is 9.17 Å². The minimum atomic E-state index is -2.88. The van der Waals surface area contributed by atoms with Gasteiger partial charge in [-0.05, 0) is 65.7 Å². The fourth-order valence-corrected chi connectivity index (χ4v) is 5.96. The Morgan fingerprint density at radius 1 is 1.17 bits per heavy atom. The standard InChI is InChI=1S/C29H21BrF3N5O2S/c1-13(2)28(39)38-16-5-6-17(18(11-16)26(32)33)24-22(23-25(41-24)19(30)12-36-27(23)34)15-4-7-21(20(31)10-15)40-29-35-9-8-14(3)37-29/h4-12,26H,1H2,2-3H3,(H2,34,36)(H,38,39). The molecule has 0 aliphatic carbocycles. The van der Waals surface area contributed by atoms with E-state index in [1.807, 2.05) is 0 Å². The van der Waals surface area contributed by atoms with E-state index < -0.39 is 18.1 Å². The summed E-state index contributed by atoms with van der Waals surface area (Å²) in [7, 11) is 0. The van der Waals surface area contributed by atoms with Crippen molar-refractivity contribution in [2.24, 2.45) is 0 Å². The quantitative estimate of drug-likeness (QED) is 0.173. The van der Waals surface area contributed by atoms with Crippen LogP contribution < -0.4 is 15.8 Å². The van der Waals surface area contributed by atoms with E-state index in [-0.39, 0.29) is 40.0 Å². The summed E-state index contributed by atoms with van der Waals surface area (Å²) in [5.41, 5.74) is 8.02. The van der Waals surface area contributed by atoms with Crippen LogP contribution in [0.25, 0.3) is 31.7 Å². The number of carbonyl (C=O) groups is 1. The molecule has 1 amide bonds. The average Bonchev–Trinajstić information content (AvgIpc) is 3.34. The second-order valence-electron chi connectivity index (χ2n) is 9.07. The lowest BCUT2D eigenvalue weighted by Crippen LogP contribution is -2.12. The van der Waals surface area contributed by atoms with Gasteiger partial charge in [0.2, 0.25) is 0 Å². The molecule has 12 heteroatoms. The topological polar surface area (TPSA) is 103 Å². The highest BCUT2D eigenvalue weighted by Crippen LogP contribution is 2.50. The molecule has 0 unspecified atom stereocenters. The molecule has 0 saturated carbocycles. The van der Waals surface area contributed by atoms with E-state index in [1.54, 1.807) is 19.1 Å². The molecule has 0 radical (unpaired) electrons. The molecule has 3 heterocycles. The molecule has 41 heavy (non-hydrogen) atoms. The Kier molecular flexibility index (Phi) is 7.78. The maximum atomic E-state index is 15.4. The van der Waals surface area contributed by atoms with Gasteiger partial charge in [-0.1, -0.05) is 18.7 Å². The van der Waals surface area contributed by atoms with Gasteiger partial charge in [-0.25, -0.2) is 28.1 Å². The van der Waals surface area contributed by atoms with E-state index in [1.165, 1.54) is 61.0 Å². The number of benzene rings is 2. The maximum Gasteiger partial charge on any atom is 0.322 e. The molecule has 5 aromatic rings. The number of alkyl halides is 2. The Morgan fingerprint density at radius 2 is 1.95 bits per heavy atom. The van der Waals surface area contributed by atoms with Gasteiger partial charge in [0.15, 0.2) is 11.6 Å². The number of thiophene rings is 1. The zero-order chi connectivity index (χ0) is 29.4. The van der Waals surface area contributed by atoms with Crippen LogP contribution in [-0.2, 0) is 4.79 Å². The lowest BCUT2D eigenvalue weighted by atomic mass is 9.96. The molecular formula is C29H21BrF3N5O2S. The van der Waals surface area contributed by atoms with Crippen LogP contribution >= 0.6 is 27.3 Å². The van der Waals surface area contributed by atoms with Gasteiger partial charge in [0.1, 0.15) is 5.82 Å². The van der Waals surface area contributed by atoms with Crippen molar-refractivity contribution in [1.82, 2.24) is 15.0 Å². The number of halogens is 4. The minimum Gasteiger partial charge on any atom is -0.421 e. The molecule has 0 atom stereocenters. The van der Waals surface area contributed by atoms with Crippen LogP contribution in [-0.4, -0.2) is 20.9 Å². The zero-order valence-electron chi connectivity index (χ0n) is 21.6. The number of pyridine rings is 1. The second-order valence-corrected chi connectivity index (χ2v) is 10.9. The summed E-state index contributed by atoms with van der Waals surface area (Å²) in [5, 5.41) is 3.04. The third-order valence-corrected chi connectivity index (χ3v) is 8.19. The van der Waals surface area contributed by atoms with E-state index in [0.29, 0.717) is 36.3 Å². The fourth-order valence-electron chi connectivity index (χ4n) is 4.14. The van der Waals surface area contributed by atoms with Crippen LogP contribution in [0, 0.1) is 12.7 Å². The van der Waals surface area contributed by atoms with Gasteiger partial charge in [0, 0.05) is 56.3 Å². The molecule has 0 aliphatic heterocycles. The number of nitrogens with two attached hydrogens (primary N) is 1. The third-order valence-electron chi connectivity index (χ3n) is 6.07. The number of nitrogen functional groups attached to an aromatic ring is 1. The number of aryl methyl sites for hydroxylation is 1. The van der Waals surface area contributed by atoms with Crippen molar-refractivity contribution in [3.8, 4) is 33.3 Å². The molecule has 2 aromatic carbocycles. The highest BCUT2D eigenvalue weighted by molar-refractivity contribution is 9.10. The Morgan fingerprint density at radius 3 is 2.63 bits per heavy atom. The Bertz CT molecular complexity index is 1840. The van der Waals surface area contributed by atoms with Gasteiger partial charge >= 0.3 is 6.01 Å². The summed E-state index contributed by atoms with van der Waals surface area (Å²) in [6.45, 7) is 6.84. The van der Waals surface area contributed by atoms with Crippen LogP contribution in [0.15, 0.2) is 71.5 Å².